The predicted octanol–water partition coefficient (Wildman–Crippen LogP) is 1.84. The van der Waals surface area contributed by atoms with Crippen molar-refractivity contribution in [3.63, 3.8) is 0 Å². The molecule has 3 aromatic heterocycles. The molecule has 15 heteroatoms. The van der Waals surface area contributed by atoms with Gasteiger partial charge in [-0.15, -0.1) is 0 Å². The number of anilines is 2. The number of nitrogens with zero attached hydrogens (tertiary/aromatic N) is 7. The lowest BCUT2D eigenvalue weighted by molar-refractivity contribution is -0.150. The second-order valence-electron chi connectivity index (χ2n) is 7.21. The van der Waals surface area contributed by atoms with Crippen molar-refractivity contribution in [3.05, 3.63) is 35.9 Å². The van der Waals surface area contributed by atoms with Gasteiger partial charge in [0.25, 0.3) is 5.91 Å². The van der Waals surface area contributed by atoms with Crippen LogP contribution < -0.4 is 15.5 Å². The Labute approximate surface area is 176 Å². The lowest BCUT2D eigenvalue weighted by Crippen LogP contribution is -2.59. The van der Waals surface area contributed by atoms with Crippen molar-refractivity contribution < 1.29 is 31.1 Å². The van der Waals surface area contributed by atoms with E-state index in [4.69, 9.17) is 5.73 Å². The summed E-state index contributed by atoms with van der Waals surface area (Å²) in [6, 6.07) is -0.848. The monoisotopic (exact) mass is 462 g/mol. The molecule has 4 heterocycles. The molecule has 0 spiro atoms. The SMILES string of the molecule is Cn1cc(N2CCN(c3ccn4ncc(C(N)=O)c4n3)CC2C(F)(F)F)c(C(F)(F)F)n1. The maximum atomic E-state index is 13.9. The number of hydrogen-bond acceptors (Lipinski definition) is 6. The molecule has 1 aliphatic heterocycles. The molecule has 2 N–H and O–H groups in total. The molecule has 0 bridgehead atoms. The standard InChI is InChI=1S/C17H16F6N8O/c1-28-7-10(13(27-28)17(21,22)23)30-5-4-29(8-11(30)16(18,19)20)12-2-3-31-15(26-12)9(6-25-31)14(24)32/h2-3,6-7,11H,4-5,8H2,1H3,(H2,24,32). The Kier molecular flexibility index (Phi) is 4.93. The molecule has 0 aliphatic carbocycles. The minimum atomic E-state index is -4.91. The highest BCUT2D eigenvalue weighted by molar-refractivity contribution is 5.98. The van der Waals surface area contributed by atoms with Gasteiger partial charge in [-0.3, -0.25) is 9.48 Å². The van der Waals surface area contributed by atoms with Gasteiger partial charge >= 0.3 is 12.4 Å². The van der Waals surface area contributed by atoms with Gasteiger partial charge in [0.2, 0.25) is 0 Å². The zero-order valence-corrected chi connectivity index (χ0v) is 16.4. The van der Waals surface area contributed by atoms with Gasteiger partial charge in [-0.25, -0.2) is 9.50 Å². The van der Waals surface area contributed by atoms with Crippen molar-refractivity contribution in [2.24, 2.45) is 12.8 Å². The molecule has 4 rings (SSSR count). The molecule has 0 saturated carbocycles. The average Bonchev–Trinajstić information content (AvgIpc) is 3.29. The summed E-state index contributed by atoms with van der Waals surface area (Å²) in [6.07, 6.45) is -6.24. The molecular weight excluding hydrogens is 446 g/mol. The van der Waals surface area contributed by atoms with E-state index in [9.17, 15) is 31.1 Å². The summed E-state index contributed by atoms with van der Waals surface area (Å²) in [7, 11) is 1.21. The third kappa shape index (κ3) is 3.78. The van der Waals surface area contributed by atoms with Gasteiger partial charge in [-0.1, -0.05) is 0 Å². The lowest BCUT2D eigenvalue weighted by Gasteiger charge is -2.43. The second-order valence-corrected chi connectivity index (χ2v) is 7.21. The zero-order chi connectivity index (χ0) is 23.4. The molecule has 1 amide bonds. The first-order chi connectivity index (χ1) is 14.9. The number of aromatic nitrogens is 5. The molecule has 1 aliphatic rings. The minimum absolute atomic E-state index is 0.0111. The molecule has 172 valence electrons. The molecule has 9 nitrogen and oxygen atoms in total. The van der Waals surface area contributed by atoms with Gasteiger partial charge in [-0.05, 0) is 6.07 Å². The van der Waals surface area contributed by atoms with Crippen LogP contribution in [0.25, 0.3) is 5.65 Å². The maximum absolute atomic E-state index is 13.9. The quantitative estimate of drug-likeness (QED) is 0.597. The number of aryl methyl sites for hydroxylation is 1. The van der Waals surface area contributed by atoms with Crippen LogP contribution in [0, 0.1) is 0 Å². The fraction of sp³-hybridized carbons (Fsp3) is 0.412. The van der Waals surface area contributed by atoms with E-state index in [-0.39, 0.29) is 30.1 Å². The Morgan fingerprint density at radius 1 is 1.19 bits per heavy atom. The van der Waals surface area contributed by atoms with Gasteiger partial charge in [0.1, 0.15) is 17.4 Å². The first-order valence-corrected chi connectivity index (χ1v) is 9.19. The molecule has 0 radical (unpaired) electrons. The van der Waals surface area contributed by atoms with Crippen molar-refractivity contribution in [2.75, 3.05) is 29.4 Å². The predicted molar refractivity (Wildman–Crippen MR) is 99.1 cm³/mol. The molecule has 1 atom stereocenters. The Bertz CT molecular complexity index is 1170. The number of fused-ring (bicyclic) bond motifs is 1. The Hall–Kier alpha value is -3.52. The third-order valence-corrected chi connectivity index (χ3v) is 5.09. The van der Waals surface area contributed by atoms with Crippen LogP contribution in [0.15, 0.2) is 24.7 Å². The summed E-state index contributed by atoms with van der Waals surface area (Å²) in [5.74, 6) is -0.699. The molecule has 1 unspecified atom stereocenters. The summed E-state index contributed by atoms with van der Waals surface area (Å²) in [4.78, 5) is 17.7. The lowest BCUT2D eigenvalue weighted by atomic mass is 10.1. The highest BCUT2D eigenvalue weighted by atomic mass is 19.4. The fourth-order valence-corrected chi connectivity index (χ4v) is 3.66. The van der Waals surface area contributed by atoms with Crippen molar-refractivity contribution in [3.8, 4) is 0 Å². The van der Waals surface area contributed by atoms with Gasteiger partial charge in [0, 0.05) is 39.1 Å². The van der Waals surface area contributed by atoms with E-state index in [1.165, 1.54) is 34.9 Å². The molecular formula is C17H16F6N8O. The van der Waals surface area contributed by atoms with Crippen LogP contribution in [0.4, 0.5) is 37.8 Å². The van der Waals surface area contributed by atoms with E-state index in [1.807, 2.05) is 0 Å². The fourth-order valence-electron chi connectivity index (χ4n) is 3.66. The van der Waals surface area contributed by atoms with E-state index in [0.717, 1.165) is 10.9 Å². The number of hydrogen-bond donors (Lipinski definition) is 1. The van der Waals surface area contributed by atoms with Gasteiger partial charge in [0.05, 0.1) is 11.9 Å². The summed E-state index contributed by atoms with van der Waals surface area (Å²) >= 11 is 0. The van der Waals surface area contributed by atoms with E-state index in [2.05, 4.69) is 15.2 Å². The highest BCUT2D eigenvalue weighted by Crippen LogP contribution is 2.39. The molecule has 3 aromatic rings. The Morgan fingerprint density at radius 3 is 2.53 bits per heavy atom. The number of piperazine rings is 1. The van der Waals surface area contributed by atoms with Crippen molar-refractivity contribution >= 4 is 23.1 Å². The Balaban J connectivity index is 1.70. The molecule has 32 heavy (non-hydrogen) atoms. The van der Waals surface area contributed by atoms with E-state index in [1.54, 1.807) is 0 Å². The number of amides is 1. The first-order valence-electron chi connectivity index (χ1n) is 9.19. The average molecular weight is 462 g/mol. The van der Waals surface area contributed by atoms with Gasteiger partial charge in [0.15, 0.2) is 11.3 Å². The number of primary amides is 1. The Morgan fingerprint density at radius 2 is 1.91 bits per heavy atom. The molecule has 1 saturated heterocycles. The van der Waals surface area contributed by atoms with Gasteiger partial charge < -0.3 is 15.5 Å². The number of rotatable bonds is 3. The summed E-state index contributed by atoms with van der Waals surface area (Å²) in [5, 5.41) is 7.21. The van der Waals surface area contributed by atoms with Crippen LogP contribution in [-0.4, -0.2) is 62.1 Å². The van der Waals surface area contributed by atoms with Crippen LogP contribution in [0.3, 0.4) is 0 Å². The first kappa shape index (κ1) is 21.7. The van der Waals surface area contributed by atoms with Crippen molar-refractivity contribution in [1.82, 2.24) is 24.4 Å². The number of alkyl halides is 6. The van der Waals surface area contributed by atoms with Crippen molar-refractivity contribution in [1.29, 1.82) is 0 Å². The van der Waals surface area contributed by atoms with Crippen LogP contribution in [0.2, 0.25) is 0 Å². The van der Waals surface area contributed by atoms with Crippen molar-refractivity contribution in [2.45, 2.75) is 18.4 Å². The summed E-state index contributed by atoms with van der Waals surface area (Å²) in [6.45, 7) is -1.10. The second kappa shape index (κ2) is 7.27. The number of halogens is 6. The van der Waals surface area contributed by atoms with E-state index >= 15 is 0 Å². The van der Waals surface area contributed by atoms with E-state index < -0.39 is 42.2 Å². The highest BCUT2D eigenvalue weighted by Gasteiger charge is 2.49. The van der Waals surface area contributed by atoms with Crippen LogP contribution in [0.1, 0.15) is 16.1 Å². The third-order valence-electron chi connectivity index (χ3n) is 5.09. The topological polar surface area (TPSA) is 97.6 Å². The van der Waals surface area contributed by atoms with Crippen LogP contribution >= 0.6 is 0 Å². The summed E-state index contributed by atoms with van der Waals surface area (Å²) < 4.78 is 83.8. The smallest absolute Gasteiger partial charge is 0.365 e. The zero-order valence-electron chi connectivity index (χ0n) is 16.4. The maximum Gasteiger partial charge on any atom is 0.437 e. The summed E-state index contributed by atoms with van der Waals surface area (Å²) in [5.41, 5.74) is 3.29. The van der Waals surface area contributed by atoms with Crippen LogP contribution in [0.5, 0.6) is 0 Å². The number of carbonyl (C=O) groups is 1. The largest absolute Gasteiger partial charge is 0.437 e. The molecule has 1 fully saturated rings. The minimum Gasteiger partial charge on any atom is -0.365 e. The number of carbonyl (C=O) groups excluding carboxylic acids is 1. The molecule has 0 aromatic carbocycles. The van der Waals surface area contributed by atoms with Crippen LogP contribution in [-0.2, 0) is 13.2 Å². The van der Waals surface area contributed by atoms with E-state index in [0.29, 0.717) is 4.90 Å². The van der Waals surface area contributed by atoms with Gasteiger partial charge in [-0.2, -0.15) is 36.5 Å². The number of nitrogens with two attached hydrogens (primary N) is 1. The normalized spacial score (nSPS) is 17.9.